The highest BCUT2D eigenvalue weighted by molar-refractivity contribution is 5.88. The highest BCUT2D eigenvalue weighted by Crippen LogP contribution is 2.40. The number of nitrogens with one attached hydrogen (secondary N) is 2. The van der Waals surface area contributed by atoms with E-state index < -0.39 is 0 Å². The van der Waals surface area contributed by atoms with Gasteiger partial charge in [-0.2, -0.15) is 10.2 Å². The second-order valence-corrected chi connectivity index (χ2v) is 6.43. The Kier molecular flexibility index (Phi) is 3.51. The molecule has 2 atom stereocenters. The Morgan fingerprint density at radius 3 is 3.04 bits per heavy atom. The van der Waals surface area contributed by atoms with Gasteiger partial charge in [0.05, 0.1) is 24.8 Å². The minimum atomic E-state index is -0.191. The standard InChI is InChI=1S/C15H21N7O/c1-10(11-2-3-11)22-14(6-7-17-22)20-15(23)19-12-4-5-13-16-9-18-21(13)8-12/h6-7,9-12H,2-5,8H2,1H3,(H2,19,20,23)/t10-,12-/m0/s1. The van der Waals surface area contributed by atoms with Crippen molar-refractivity contribution in [3.8, 4) is 0 Å². The van der Waals surface area contributed by atoms with Gasteiger partial charge in [-0.05, 0) is 32.1 Å². The summed E-state index contributed by atoms with van der Waals surface area (Å²) < 4.78 is 3.77. The number of anilines is 1. The van der Waals surface area contributed by atoms with Gasteiger partial charge in [0.15, 0.2) is 0 Å². The molecule has 2 aliphatic rings. The molecule has 23 heavy (non-hydrogen) atoms. The van der Waals surface area contributed by atoms with Crippen molar-refractivity contribution in [1.29, 1.82) is 0 Å². The molecule has 2 aromatic heterocycles. The number of hydrogen-bond acceptors (Lipinski definition) is 4. The molecule has 0 saturated heterocycles. The molecule has 1 aliphatic carbocycles. The van der Waals surface area contributed by atoms with E-state index in [1.165, 1.54) is 12.8 Å². The SMILES string of the molecule is C[C@@H](C1CC1)n1nccc1NC(=O)N[C@H]1CCc2ncnn2C1. The van der Waals surface area contributed by atoms with Gasteiger partial charge in [-0.25, -0.2) is 19.1 Å². The lowest BCUT2D eigenvalue weighted by molar-refractivity contribution is 0.243. The predicted octanol–water partition coefficient (Wildman–Crippen LogP) is 1.58. The fraction of sp³-hybridized carbons (Fsp3) is 0.600. The average molecular weight is 315 g/mol. The third-order valence-corrected chi connectivity index (χ3v) is 4.74. The molecular weight excluding hydrogens is 294 g/mol. The van der Waals surface area contributed by atoms with E-state index in [4.69, 9.17) is 0 Å². The van der Waals surface area contributed by atoms with Gasteiger partial charge in [-0.15, -0.1) is 0 Å². The number of hydrogen-bond donors (Lipinski definition) is 2. The van der Waals surface area contributed by atoms with Crippen molar-refractivity contribution >= 4 is 11.8 Å². The maximum Gasteiger partial charge on any atom is 0.320 e. The summed E-state index contributed by atoms with van der Waals surface area (Å²) in [5.74, 6) is 2.42. The van der Waals surface area contributed by atoms with Crippen LogP contribution in [0.25, 0.3) is 0 Å². The Morgan fingerprint density at radius 2 is 2.22 bits per heavy atom. The molecule has 2 amide bonds. The zero-order chi connectivity index (χ0) is 15.8. The van der Waals surface area contributed by atoms with Crippen LogP contribution in [0.15, 0.2) is 18.6 Å². The van der Waals surface area contributed by atoms with Crippen LogP contribution in [0, 0.1) is 5.92 Å². The minimum absolute atomic E-state index is 0.0708. The van der Waals surface area contributed by atoms with Crippen molar-refractivity contribution in [2.75, 3.05) is 5.32 Å². The Balaban J connectivity index is 1.36. The summed E-state index contributed by atoms with van der Waals surface area (Å²) in [7, 11) is 0. The van der Waals surface area contributed by atoms with Crippen LogP contribution in [-0.4, -0.2) is 36.6 Å². The van der Waals surface area contributed by atoms with Gasteiger partial charge >= 0.3 is 6.03 Å². The lowest BCUT2D eigenvalue weighted by Crippen LogP contribution is -2.43. The summed E-state index contributed by atoms with van der Waals surface area (Å²) >= 11 is 0. The van der Waals surface area contributed by atoms with E-state index in [1.807, 2.05) is 15.4 Å². The van der Waals surface area contributed by atoms with Gasteiger partial charge in [-0.1, -0.05) is 0 Å². The number of fused-ring (bicyclic) bond motifs is 1. The third-order valence-electron chi connectivity index (χ3n) is 4.74. The summed E-state index contributed by atoms with van der Waals surface area (Å²) in [6, 6.07) is 2.05. The smallest absolute Gasteiger partial charge is 0.320 e. The zero-order valence-electron chi connectivity index (χ0n) is 13.1. The summed E-state index contributed by atoms with van der Waals surface area (Å²) in [6.07, 6.45) is 7.50. The van der Waals surface area contributed by atoms with Crippen molar-refractivity contribution in [1.82, 2.24) is 29.9 Å². The van der Waals surface area contributed by atoms with Crippen LogP contribution in [0.3, 0.4) is 0 Å². The number of aryl methyl sites for hydroxylation is 1. The molecule has 2 N–H and O–H groups in total. The number of nitrogens with zero attached hydrogens (tertiary/aromatic N) is 5. The first-order chi connectivity index (χ1) is 11.2. The topological polar surface area (TPSA) is 89.7 Å². The number of aromatic nitrogens is 5. The van der Waals surface area contributed by atoms with E-state index in [1.54, 1.807) is 12.5 Å². The quantitative estimate of drug-likeness (QED) is 0.896. The van der Waals surface area contributed by atoms with Crippen molar-refractivity contribution < 1.29 is 4.79 Å². The molecule has 122 valence electrons. The molecule has 0 aromatic carbocycles. The van der Waals surface area contributed by atoms with Crippen LogP contribution >= 0.6 is 0 Å². The van der Waals surface area contributed by atoms with Crippen LogP contribution in [0.1, 0.15) is 38.1 Å². The molecule has 0 unspecified atom stereocenters. The van der Waals surface area contributed by atoms with Crippen molar-refractivity contribution in [2.45, 2.75) is 51.2 Å². The molecule has 0 spiro atoms. The van der Waals surface area contributed by atoms with Gasteiger partial charge < -0.3 is 5.32 Å². The number of amides is 2. The maximum absolute atomic E-state index is 12.3. The molecule has 1 saturated carbocycles. The summed E-state index contributed by atoms with van der Waals surface area (Å²) in [6.45, 7) is 2.82. The average Bonchev–Trinajstić information content (AvgIpc) is 3.11. The summed E-state index contributed by atoms with van der Waals surface area (Å²) in [4.78, 5) is 16.5. The number of urea groups is 1. The van der Waals surface area contributed by atoms with Gasteiger partial charge in [0.2, 0.25) is 0 Å². The Morgan fingerprint density at radius 1 is 1.35 bits per heavy atom. The second-order valence-electron chi connectivity index (χ2n) is 6.43. The molecule has 0 bridgehead atoms. The lowest BCUT2D eigenvalue weighted by atomic mass is 10.1. The lowest BCUT2D eigenvalue weighted by Gasteiger charge is -2.24. The first-order valence-corrected chi connectivity index (χ1v) is 8.18. The van der Waals surface area contributed by atoms with Crippen molar-refractivity contribution in [2.24, 2.45) is 5.92 Å². The van der Waals surface area contributed by atoms with E-state index in [-0.39, 0.29) is 12.1 Å². The van der Waals surface area contributed by atoms with Gasteiger partial charge in [0.1, 0.15) is 18.0 Å². The van der Waals surface area contributed by atoms with E-state index in [2.05, 4.69) is 32.7 Å². The van der Waals surface area contributed by atoms with Gasteiger partial charge in [0.25, 0.3) is 0 Å². The monoisotopic (exact) mass is 315 g/mol. The van der Waals surface area contributed by atoms with Gasteiger partial charge in [-0.3, -0.25) is 5.32 Å². The second kappa shape index (κ2) is 5.68. The predicted molar refractivity (Wildman–Crippen MR) is 83.9 cm³/mol. The number of carbonyl (C=O) groups excluding carboxylic acids is 1. The minimum Gasteiger partial charge on any atom is -0.333 e. The number of carbonyl (C=O) groups is 1. The van der Waals surface area contributed by atoms with E-state index in [0.717, 1.165) is 24.5 Å². The Labute approximate surface area is 134 Å². The van der Waals surface area contributed by atoms with Crippen molar-refractivity contribution in [3.05, 3.63) is 24.4 Å². The Hall–Kier alpha value is -2.38. The largest absolute Gasteiger partial charge is 0.333 e. The molecular formula is C15H21N7O. The van der Waals surface area contributed by atoms with E-state index >= 15 is 0 Å². The summed E-state index contributed by atoms with van der Waals surface area (Å²) in [5.41, 5.74) is 0. The zero-order valence-corrected chi connectivity index (χ0v) is 13.1. The third kappa shape index (κ3) is 2.93. The van der Waals surface area contributed by atoms with Crippen LogP contribution in [-0.2, 0) is 13.0 Å². The molecule has 0 radical (unpaired) electrons. The Bertz CT molecular complexity index is 702. The van der Waals surface area contributed by atoms with Crippen LogP contribution in [0.5, 0.6) is 0 Å². The highest BCUT2D eigenvalue weighted by Gasteiger charge is 2.31. The van der Waals surface area contributed by atoms with E-state index in [0.29, 0.717) is 18.5 Å². The molecule has 1 fully saturated rings. The molecule has 3 heterocycles. The fourth-order valence-corrected chi connectivity index (χ4v) is 3.21. The van der Waals surface area contributed by atoms with Crippen LogP contribution in [0.4, 0.5) is 10.6 Å². The van der Waals surface area contributed by atoms with Crippen LogP contribution in [0.2, 0.25) is 0 Å². The fourth-order valence-electron chi connectivity index (χ4n) is 3.21. The van der Waals surface area contributed by atoms with Crippen molar-refractivity contribution in [3.63, 3.8) is 0 Å². The first-order valence-electron chi connectivity index (χ1n) is 8.18. The highest BCUT2D eigenvalue weighted by atomic mass is 16.2. The van der Waals surface area contributed by atoms with Gasteiger partial charge in [0, 0.05) is 12.5 Å². The normalized spacial score (nSPS) is 21.5. The summed E-state index contributed by atoms with van der Waals surface area (Å²) in [5, 5.41) is 14.5. The molecule has 2 aromatic rings. The number of rotatable bonds is 4. The molecule has 4 rings (SSSR count). The van der Waals surface area contributed by atoms with E-state index in [9.17, 15) is 4.79 Å². The first kappa shape index (κ1) is 14.2. The maximum atomic E-state index is 12.3. The van der Waals surface area contributed by atoms with Crippen LogP contribution < -0.4 is 10.6 Å². The molecule has 8 nitrogen and oxygen atoms in total. The molecule has 8 heteroatoms. The molecule has 1 aliphatic heterocycles.